The maximum Gasteiger partial charge on any atom is 0.304 e. The van der Waals surface area contributed by atoms with E-state index in [0.717, 1.165) is 16.9 Å². The van der Waals surface area contributed by atoms with E-state index in [4.69, 9.17) is 9.47 Å². The second-order valence-electron chi connectivity index (χ2n) is 10.2. The van der Waals surface area contributed by atoms with E-state index in [1.54, 1.807) is 0 Å². The Labute approximate surface area is 190 Å². The van der Waals surface area contributed by atoms with Crippen molar-refractivity contribution in [3.05, 3.63) is 64.7 Å². The fourth-order valence-corrected chi connectivity index (χ4v) is 4.77. The summed E-state index contributed by atoms with van der Waals surface area (Å²) in [4.78, 5) is 15.6. The number of carbonyl (C=O) groups is 1. The van der Waals surface area contributed by atoms with Crippen molar-refractivity contribution in [2.45, 2.75) is 70.3 Å². The molecule has 5 nitrogen and oxygen atoms in total. The Kier molecular flexibility index (Phi) is 6.02. The molecule has 0 unspecified atom stereocenters. The van der Waals surface area contributed by atoms with Crippen LogP contribution in [0.2, 0.25) is 0 Å². The zero-order valence-electron chi connectivity index (χ0n) is 19.5. The molecule has 1 heterocycles. The fraction of sp³-hybridized carbons (Fsp3) is 0.481. The molecular weight excluding hydrogens is 402 g/mol. The number of carboxylic acid groups (broad SMARTS) is 1. The van der Waals surface area contributed by atoms with Crippen LogP contribution in [0, 0.1) is 0 Å². The van der Waals surface area contributed by atoms with Gasteiger partial charge in [-0.1, -0.05) is 58.0 Å². The van der Waals surface area contributed by atoms with Crippen LogP contribution >= 0.6 is 0 Å². The quantitative estimate of drug-likeness (QED) is 0.614. The topological polar surface area (TPSA) is 68.1 Å². The lowest BCUT2D eigenvalue weighted by Crippen LogP contribution is -2.33. The van der Waals surface area contributed by atoms with E-state index in [1.807, 2.05) is 24.3 Å². The van der Waals surface area contributed by atoms with Crippen molar-refractivity contribution in [3.8, 4) is 5.75 Å². The molecule has 0 saturated heterocycles. The Bertz CT molecular complexity index is 1020. The van der Waals surface area contributed by atoms with Gasteiger partial charge in [0.1, 0.15) is 19.0 Å². The Hall–Kier alpha value is -2.82. The van der Waals surface area contributed by atoms with Gasteiger partial charge in [0.05, 0.1) is 18.9 Å². The number of nitrogens with zero attached hydrogens (tertiary/aromatic N) is 1. The summed E-state index contributed by atoms with van der Waals surface area (Å²) in [7, 11) is 0. The first-order valence-electron chi connectivity index (χ1n) is 11.4. The molecule has 0 spiro atoms. The van der Waals surface area contributed by atoms with Crippen LogP contribution in [0.1, 0.15) is 75.1 Å². The lowest BCUT2D eigenvalue weighted by atomic mass is 9.63. The smallest absolute Gasteiger partial charge is 0.304 e. The minimum atomic E-state index is -0.868. The van der Waals surface area contributed by atoms with Gasteiger partial charge in [-0.2, -0.15) is 0 Å². The van der Waals surface area contributed by atoms with E-state index < -0.39 is 5.97 Å². The van der Waals surface area contributed by atoms with E-state index in [2.05, 4.69) is 50.9 Å². The molecule has 4 rings (SSSR count). The van der Waals surface area contributed by atoms with Crippen molar-refractivity contribution in [3.63, 3.8) is 0 Å². The van der Waals surface area contributed by atoms with Crippen LogP contribution < -0.4 is 4.74 Å². The van der Waals surface area contributed by atoms with E-state index in [1.165, 1.54) is 24.0 Å². The Morgan fingerprint density at radius 3 is 2.38 bits per heavy atom. The predicted octanol–water partition coefficient (Wildman–Crippen LogP) is 5.60. The second kappa shape index (κ2) is 8.61. The third kappa shape index (κ3) is 4.67. The SMILES string of the molecule is CC1(C)CCC(C)(C)c2cc(COc3ccc([C@H](CC(=O)O)C4=NCCO4)cc3)ccc21. The highest BCUT2D eigenvalue weighted by atomic mass is 16.5. The zero-order chi connectivity index (χ0) is 22.9. The maximum atomic E-state index is 11.3. The van der Waals surface area contributed by atoms with Crippen LogP contribution in [0.25, 0.3) is 0 Å². The molecule has 170 valence electrons. The molecule has 1 N–H and O–H groups in total. The molecular formula is C27H33NO4. The Balaban J connectivity index is 1.47. The highest BCUT2D eigenvalue weighted by Gasteiger charge is 2.36. The van der Waals surface area contributed by atoms with Crippen LogP contribution in [-0.2, 0) is 27.0 Å². The molecule has 2 aliphatic rings. The summed E-state index contributed by atoms with van der Waals surface area (Å²) in [5, 5.41) is 9.29. The van der Waals surface area contributed by atoms with Crippen LogP contribution in [0.4, 0.5) is 0 Å². The third-order valence-corrected chi connectivity index (χ3v) is 6.89. The summed E-state index contributed by atoms with van der Waals surface area (Å²) in [6, 6.07) is 14.4. The minimum Gasteiger partial charge on any atom is -0.489 e. The Morgan fingerprint density at radius 1 is 1.06 bits per heavy atom. The average Bonchev–Trinajstić information content (AvgIpc) is 3.29. The lowest BCUT2D eigenvalue weighted by molar-refractivity contribution is -0.137. The normalized spacial score (nSPS) is 19.4. The van der Waals surface area contributed by atoms with Gasteiger partial charge in [-0.3, -0.25) is 9.79 Å². The molecule has 0 amide bonds. The van der Waals surface area contributed by atoms with Gasteiger partial charge in [0.2, 0.25) is 0 Å². The predicted molar refractivity (Wildman–Crippen MR) is 126 cm³/mol. The van der Waals surface area contributed by atoms with Crippen LogP contribution in [0.3, 0.4) is 0 Å². The van der Waals surface area contributed by atoms with Crippen LogP contribution in [-0.4, -0.2) is 30.1 Å². The van der Waals surface area contributed by atoms with Crippen molar-refractivity contribution in [1.82, 2.24) is 0 Å². The molecule has 0 bridgehead atoms. The molecule has 0 saturated carbocycles. The molecule has 32 heavy (non-hydrogen) atoms. The molecule has 1 aliphatic carbocycles. The van der Waals surface area contributed by atoms with Crippen molar-refractivity contribution in [1.29, 1.82) is 0 Å². The van der Waals surface area contributed by atoms with E-state index in [0.29, 0.717) is 25.7 Å². The summed E-state index contributed by atoms with van der Waals surface area (Å²) in [6.07, 6.45) is 2.35. The zero-order valence-corrected chi connectivity index (χ0v) is 19.5. The van der Waals surface area contributed by atoms with Gasteiger partial charge in [-0.15, -0.1) is 0 Å². The summed E-state index contributed by atoms with van der Waals surface area (Å²) in [5.41, 5.74) is 5.30. The number of aliphatic imine (C=N–C) groups is 1. The van der Waals surface area contributed by atoms with Crippen molar-refractivity contribution < 1.29 is 19.4 Å². The average molecular weight is 436 g/mol. The van der Waals surface area contributed by atoms with Crippen molar-refractivity contribution in [2.75, 3.05) is 13.2 Å². The van der Waals surface area contributed by atoms with Crippen molar-refractivity contribution >= 4 is 11.9 Å². The van der Waals surface area contributed by atoms with Gasteiger partial charge < -0.3 is 14.6 Å². The second-order valence-corrected chi connectivity index (χ2v) is 10.2. The molecule has 2 aromatic rings. The fourth-order valence-electron chi connectivity index (χ4n) is 4.77. The highest BCUT2D eigenvalue weighted by molar-refractivity contribution is 5.88. The molecule has 1 atom stereocenters. The molecule has 2 aromatic carbocycles. The molecule has 1 aliphatic heterocycles. The summed E-state index contributed by atoms with van der Waals surface area (Å²) in [6.45, 7) is 10.9. The maximum absolute atomic E-state index is 11.3. The number of aliphatic carboxylic acids is 1. The van der Waals surface area contributed by atoms with E-state index >= 15 is 0 Å². The number of benzene rings is 2. The first-order chi connectivity index (χ1) is 15.2. The van der Waals surface area contributed by atoms with Gasteiger partial charge in [0.15, 0.2) is 5.90 Å². The molecule has 0 aromatic heterocycles. The number of ether oxygens (including phenoxy) is 2. The van der Waals surface area contributed by atoms with E-state index in [9.17, 15) is 9.90 Å². The monoisotopic (exact) mass is 435 g/mol. The van der Waals surface area contributed by atoms with Crippen LogP contribution in [0.5, 0.6) is 5.75 Å². The highest BCUT2D eigenvalue weighted by Crippen LogP contribution is 2.46. The minimum absolute atomic E-state index is 0.0414. The van der Waals surface area contributed by atoms with Crippen molar-refractivity contribution in [2.24, 2.45) is 4.99 Å². The standard InChI is InChI=1S/C27H33NO4/c1-26(2)11-12-27(3,4)23-15-18(5-10-22(23)26)17-32-20-8-6-19(7-9-20)21(16-24(29)30)25-28-13-14-31-25/h5-10,15,21H,11-14,16-17H2,1-4H3,(H,29,30)/t21-/m0/s1. The summed E-state index contributed by atoms with van der Waals surface area (Å²) in [5.74, 6) is 0.0393. The number of hydrogen-bond donors (Lipinski definition) is 1. The van der Waals surface area contributed by atoms with Gasteiger partial charge in [0, 0.05) is 0 Å². The first-order valence-corrected chi connectivity index (χ1v) is 11.4. The van der Waals surface area contributed by atoms with Crippen LogP contribution in [0.15, 0.2) is 47.5 Å². The Morgan fingerprint density at radius 2 is 1.75 bits per heavy atom. The molecule has 0 radical (unpaired) electrons. The summed E-state index contributed by atoms with van der Waals surface area (Å²) < 4.78 is 11.6. The third-order valence-electron chi connectivity index (χ3n) is 6.89. The van der Waals surface area contributed by atoms with E-state index in [-0.39, 0.29) is 23.2 Å². The number of fused-ring (bicyclic) bond motifs is 1. The molecule has 5 heteroatoms. The van der Waals surface area contributed by atoms with Gasteiger partial charge >= 0.3 is 5.97 Å². The number of rotatable bonds is 7. The molecule has 0 fully saturated rings. The summed E-state index contributed by atoms with van der Waals surface area (Å²) >= 11 is 0. The largest absolute Gasteiger partial charge is 0.489 e. The lowest BCUT2D eigenvalue weighted by Gasteiger charge is -2.42. The number of hydrogen-bond acceptors (Lipinski definition) is 4. The number of carboxylic acids is 1. The van der Waals surface area contributed by atoms with Gasteiger partial charge in [-0.25, -0.2) is 0 Å². The first kappa shape index (κ1) is 22.4. The van der Waals surface area contributed by atoms with Gasteiger partial charge in [-0.05, 0) is 58.1 Å². The van der Waals surface area contributed by atoms with Gasteiger partial charge in [0.25, 0.3) is 0 Å².